The Morgan fingerprint density at radius 2 is 1.97 bits per heavy atom. The standard InChI is InChI=1S/C27H24N6O/c1-3-20-6-4-8-23(16-20)29-27(34)26-19(2)33(31-30-26)25-9-5-7-22-18-32(15-12-24(22)25)17-21-10-13-28-14-11-21/h1,4-11,13-14,16H,12,15,17-18H2,2H3,(H,29,34). The first-order valence-corrected chi connectivity index (χ1v) is 11.1. The van der Waals surface area contributed by atoms with E-state index in [0.717, 1.165) is 31.7 Å². The van der Waals surface area contributed by atoms with E-state index in [2.05, 4.69) is 49.6 Å². The lowest BCUT2D eigenvalue weighted by atomic mass is 9.97. The lowest BCUT2D eigenvalue weighted by Crippen LogP contribution is -2.30. The van der Waals surface area contributed by atoms with E-state index in [4.69, 9.17) is 6.42 Å². The maximum absolute atomic E-state index is 12.9. The molecule has 34 heavy (non-hydrogen) atoms. The molecule has 0 spiro atoms. The summed E-state index contributed by atoms with van der Waals surface area (Å²) >= 11 is 0. The minimum absolute atomic E-state index is 0.291. The molecule has 2 aromatic carbocycles. The lowest BCUT2D eigenvalue weighted by Gasteiger charge is -2.30. The van der Waals surface area contributed by atoms with Crippen molar-refractivity contribution in [3.05, 3.63) is 101 Å². The third kappa shape index (κ3) is 4.32. The first kappa shape index (κ1) is 21.6. The highest BCUT2D eigenvalue weighted by molar-refractivity contribution is 6.03. The summed E-state index contributed by atoms with van der Waals surface area (Å²) < 4.78 is 1.77. The second-order valence-electron chi connectivity index (χ2n) is 8.35. The van der Waals surface area contributed by atoms with Gasteiger partial charge in [-0.25, -0.2) is 4.68 Å². The number of rotatable bonds is 5. The van der Waals surface area contributed by atoms with Crippen LogP contribution in [0.4, 0.5) is 5.69 Å². The number of fused-ring (bicyclic) bond motifs is 1. The van der Waals surface area contributed by atoms with Crippen molar-refractivity contribution in [2.24, 2.45) is 0 Å². The van der Waals surface area contributed by atoms with Crippen molar-refractivity contribution in [3.8, 4) is 18.0 Å². The number of pyridine rings is 1. The number of hydrogen-bond donors (Lipinski definition) is 1. The lowest BCUT2D eigenvalue weighted by molar-refractivity contribution is 0.102. The highest BCUT2D eigenvalue weighted by Gasteiger charge is 2.23. The van der Waals surface area contributed by atoms with Crippen LogP contribution < -0.4 is 5.32 Å². The number of amides is 1. The van der Waals surface area contributed by atoms with Crippen LogP contribution in [0.2, 0.25) is 0 Å². The van der Waals surface area contributed by atoms with Gasteiger partial charge in [0.2, 0.25) is 0 Å². The Balaban J connectivity index is 1.37. The Hall–Kier alpha value is -4.28. The molecule has 1 aliphatic rings. The summed E-state index contributed by atoms with van der Waals surface area (Å²) in [5.74, 6) is 2.26. The van der Waals surface area contributed by atoms with Gasteiger partial charge in [0.05, 0.1) is 11.4 Å². The molecule has 168 valence electrons. The summed E-state index contributed by atoms with van der Waals surface area (Å²) in [4.78, 5) is 19.4. The molecule has 1 aliphatic heterocycles. The van der Waals surface area contributed by atoms with Crippen molar-refractivity contribution >= 4 is 11.6 Å². The van der Waals surface area contributed by atoms with Gasteiger partial charge in [0.1, 0.15) is 0 Å². The Kier molecular flexibility index (Phi) is 5.90. The van der Waals surface area contributed by atoms with Crippen molar-refractivity contribution in [2.45, 2.75) is 26.4 Å². The van der Waals surface area contributed by atoms with Crippen LogP contribution in [-0.2, 0) is 19.5 Å². The fourth-order valence-corrected chi connectivity index (χ4v) is 4.37. The molecular weight excluding hydrogens is 424 g/mol. The molecule has 0 aliphatic carbocycles. The van der Waals surface area contributed by atoms with Crippen molar-refractivity contribution < 1.29 is 4.79 Å². The largest absolute Gasteiger partial charge is 0.320 e. The van der Waals surface area contributed by atoms with Gasteiger partial charge in [-0.1, -0.05) is 29.3 Å². The van der Waals surface area contributed by atoms with E-state index in [-0.39, 0.29) is 5.91 Å². The van der Waals surface area contributed by atoms with E-state index >= 15 is 0 Å². The molecule has 5 rings (SSSR count). The molecule has 0 radical (unpaired) electrons. The van der Waals surface area contributed by atoms with Crippen LogP contribution in [0.25, 0.3) is 5.69 Å². The topological polar surface area (TPSA) is 75.9 Å². The fourth-order valence-electron chi connectivity index (χ4n) is 4.37. The van der Waals surface area contributed by atoms with Crippen LogP contribution >= 0.6 is 0 Å². The monoisotopic (exact) mass is 448 g/mol. The van der Waals surface area contributed by atoms with Crippen LogP contribution in [-0.4, -0.2) is 37.3 Å². The number of hydrogen-bond acceptors (Lipinski definition) is 5. The maximum atomic E-state index is 12.9. The zero-order valence-corrected chi connectivity index (χ0v) is 18.9. The van der Waals surface area contributed by atoms with Crippen LogP contribution in [0.1, 0.15) is 38.4 Å². The van der Waals surface area contributed by atoms with Gasteiger partial charge in [-0.3, -0.25) is 14.7 Å². The fraction of sp³-hybridized carbons (Fsp3) is 0.185. The van der Waals surface area contributed by atoms with Gasteiger partial charge >= 0.3 is 0 Å². The number of nitrogens with one attached hydrogen (secondary N) is 1. The van der Waals surface area contributed by atoms with Crippen molar-refractivity contribution in [3.63, 3.8) is 0 Å². The number of nitrogens with zero attached hydrogens (tertiary/aromatic N) is 5. The van der Waals surface area contributed by atoms with Gasteiger partial charge < -0.3 is 5.32 Å². The smallest absolute Gasteiger partial charge is 0.278 e. The molecule has 4 aromatic rings. The molecule has 3 heterocycles. The number of aromatic nitrogens is 4. The molecule has 1 N–H and O–H groups in total. The highest BCUT2D eigenvalue weighted by atomic mass is 16.2. The Bertz CT molecular complexity index is 1390. The normalized spacial score (nSPS) is 13.2. The van der Waals surface area contributed by atoms with Crippen molar-refractivity contribution in [2.75, 3.05) is 11.9 Å². The third-order valence-electron chi connectivity index (χ3n) is 6.10. The van der Waals surface area contributed by atoms with Gasteiger partial charge in [0.15, 0.2) is 5.69 Å². The van der Waals surface area contributed by atoms with Crippen LogP contribution in [0.5, 0.6) is 0 Å². The Morgan fingerprint density at radius 1 is 1.15 bits per heavy atom. The molecular formula is C27H24N6O. The van der Waals surface area contributed by atoms with Gasteiger partial charge in [-0.05, 0) is 66.4 Å². The summed E-state index contributed by atoms with van der Waals surface area (Å²) in [5.41, 5.74) is 7.05. The average molecular weight is 449 g/mol. The number of carbonyl (C=O) groups is 1. The van der Waals surface area contributed by atoms with E-state index in [1.165, 1.54) is 16.7 Å². The summed E-state index contributed by atoms with van der Waals surface area (Å²) in [6, 6.07) is 17.5. The molecule has 2 aromatic heterocycles. The SMILES string of the molecule is C#Cc1cccc(NC(=O)c2nnn(-c3cccc4c3CCN(Cc3ccncc3)C4)c2C)c1. The van der Waals surface area contributed by atoms with Gasteiger partial charge in [0.25, 0.3) is 5.91 Å². The van der Waals surface area contributed by atoms with Gasteiger partial charge in [0, 0.05) is 43.3 Å². The average Bonchev–Trinajstić information content (AvgIpc) is 3.25. The Morgan fingerprint density at radius 3 is 2.79 bits per heavy atom. The first-order valence-electron chi connectivity index (χ1n) is 11.1. The molecule has 0 saturated heterocycles. The van der Waals surface area contributed by atoms with E-state index in [1.807, 2.05) is 43.6 Å². The third-order valence-corrected chi connectivity index (χ3v) is 6.10. The predicted octanol–water partition coefficient (Wildman–Crippen LogP) is 3.76. The van der Waals surface area contributed by atoms with Crippen molar-refractivity contribution in [1.29, 1.82) is 0 Å². The van der Waals surface area contributed by atoms with Crippen LogP contribution in [0.15, 0.2) is 67.0 Å². The van der Waals surface area contributed by atoms with E-state index < -0.39 is 0 Å². The zero-order chi connectivity index (χ0) is 23.5. The second-order valence-corrected chi connectivity index (χ2v) is 8.35. The quantitative estimate of drug-likeness (QED) is 0.471. The number of terminal acetylenes is 1. The molecule has 0 bridgehead atoms. The van der Waals surface area contributed by atoms with Gasteiger partial charge in [-0.15, -0.1) is 11.5 Å². The number of carbonyl (C=O) groups excluding carboxylic acids is 1. The minimum Gasteiger partial charge on any atom is -0.320 e. The maximum Gasteiger partial charge on any atom is 0.278 e. The number of anilines is 1. The molecule has 0 atom stereocenters. The van der Waals surface area contributed by atoms with Crippen LogP contribution in [0, 0.1) is 19.3 Å². The second kappa shape index (κ2) is 9.30. The molecule has 1 amide bonds. The molecule has 7 heteroatoms. The molecule has 0 saturated carbocycles. The summed E-state index contributed by atoms with van der Waals surface area (Å²) in [6.07, 6.45) is 10.0. The zero-order valence-electron chi connectivity index (χ0n) is 18.9. The molecule has 7 nitrogen and oxygen atoms in total. The van der Waals surface area contributed by atoms with Crippen LogP contribution in [0.3, 0.4) is 0 Å². The summed E-state index contributed by atoms with van der Waals surface area (Å²) in [6.45, 7) is 4.56. The minimum atomic E-state index is -0.314. The predicted molar refractivity (Wildman–Crippen MR) is 130 cm³/mol. The first-order chi connectivity index (χ1) is 16.6. The van der Waals surface area contributed by atoms with Crippen molar-refractivity contribution in [1.82, 2.24) is 24.9 Å². The Labute approximate surface area is 198 Å². The van der Waals surface area contributed by atoms with E-state index in [9.17, 15) is 4.79 Å². The summed E-state index contributed by atoms with van der Waals surface area (Å²) in [7, 11) is 0. The molecule has 0 fully saturated rings. The van der Waals surface area contributed by atoms with E-state index in [0.29, 0.717) is 22.6 Å². The molecule has 0 unspecified atom stereocenters. The number of benzene rings is 2. The van der Waals surface area contributed by atoms with Gasteiger partial charge in [-0.2, -0.15) is 0 Å². The van der Waals surface area contributed by atoms with E-state index in [1.54, 1.807) is 16.8 Å². The highest BCUT2D eigenvalue weighted by Crippen LogP contribution is 2.27. The summed E-state index contributed by atoms with van der Waals surface area (Å²) in [5, 5.41) is 11.4.